The van der Waals surface area contributed by atoms with Crippen molar-refractivity contribution < 1.29 is 4.79 Å². The summed E-state index contributed by atoms with van der Waals surface area (Å²) in [6, 6.07) is 9.52. The van der Waals surface area contributed by atoms with Crippen LogP contribution in [0.15, 0.2) is 36.5 Å². The number of nitrogens with one attached hydrogen (secondary N) is 1. The van der Waals surface area contributed by atoms with Crippen molar-refractivity contribution in [1.82, 2.24) is 15.3 Å². The van der Waals surface area contributed by atoms with E-state index in [0.717, 1.165) is 24.5 Å². The number of carbonyl (C=O) groups is 1. The number of anilines is 1. The summed E-state index contributed by atoms with van der Waals surface area (Å²) in [6.07, 6.45) is 2.67. The predicted octanol–water partition coefficient (Wildman–Crippen LogP) is 2.69. The van der Waals surface area contributed by atoms with Gasteiger partial charge in [-0.15, -0.1) is 0 Å². The van der Waals surface area contributed by atoms with Gasteiger partial charge in [-0.05, 0) is 49.6 Å². The zero-order valence-electron chi connectivity index (χ0n) is 13.0. The average Bonchev–Trinajstić information content (AvgIpc) is 3.02. The Balaban J connectivity index is 1.52. The highest BCUT2D eigenvalue weighted by atomic mass is 35.5. The quantitative estimate of drug-likeness (QED) is 0.936. The molecule has 0 aliphatic carbocycles. The zero-order valence-corrected chi connectivity index (χ0v) is 13.8. The lowest BCUT2D eigenvalue weighted by Gasteiger charge is -2.19. The van der Waals surface area contributed by atoms with Gasteiger partial charge < -0.3 is 10.2 Å². The molecule has 1 aliphatic rings. The Morgan fingerprint density at radius 1 is 1.35 bits per heavy atom. The van der Waals surface area contributed by atoms with Crippen molar-refractivity contribution in [2.75, 3.05) is 24.5 Å². The van der Waals surface area contributed by atoms with Gasteiger partial charge in [0.25, 0.3) is 5.91 Å². The number of nitrogens with zero attached hydrogens (tertiary/aromatic N) is 3. The van der Waals surface area contributed by atoms with E-state index in [1.54, 1.807) is 19.2 Å². The van der Waals surface area contributed by atoms with Crippen LogP contribution < -0.4 is 10.2 Å². The van der Waals surface area contributed by atoms with E-state index in [9.17, 15) is 4.79 Å². The summed E-state index contributed by atoms with van der Waals surface area (Å²) in [5.74, 6) is 0.908. The highest BCUT2D eigenvalue weighted by molar-refractivity contribution is 6.30. The maximum Gasteiger partial charge on any atom is 0.270 e. The van der Waals surface area contributed by atoms with Crippen LogP contribution in [0.5, 0.6) is 0 Å². The summed E-state index contributed by atoms with van der Waals surface area (Å²) in [6.45, 7) is 4.36. The van der Waals surface area contributed by atoms with E-state index in [2.05, 4.69) is 20.2 Å². The molecule has 1 aliphatic heterocycles. The highest BCUT2D eigenvalue weighted by Gasteiger charge is 2.23. The largest absolute Gasteiger partial charge is 0.371 e. The van der Waals surface area contributed by atoms with Crippen molar-refractivity contribution in [2.24, 2.45) is 5.92 Å². The fourth-order valence-corrected chi connectivity index (χ4v) is 2.92. The molecule has 6 heteroatoms. The van der Waals surface area contributed by atoms with Crippen LogP contribution in [0.1, 0.15) is 22.7 Å². The molecule has 0 saturated carbocycles. The van der Waals surface area contributed by atoms with E-state index in [1.165, 1.54) is 5.69 Å². The highest BCUT2D eigenvalue weighted by Crippen LogP contribution is 2.24. The van der Waals surface area contributed by atoms with Crippen LogP contribution in [0.3, 0.4) is 0 Å². The zero-order chi connectivity index (χ0) is 16.2. The van der Waals surface area contributed by atoms with Gasteiger partial charge in [0.2, 0.25) is 0 Å². The minimum atomic E-state index is -0.138. The minimum Gasteiger partial charge on any atom is -0.371 e. The number of amides is 1. The SMILES string of the molecule is Cc1nccc(C(=O)NCC2CCN(c3ccc(Cl)cc3)C2)n1. The van der Waals surface area contributed by atoms with Crippen LogP contribution in [0.4, 0.5) is 5.69 Å². The number of aryl methyl sites for hydroxylation is 1. The molecule has 0 radical (unpaired) electrons. The third-order valence-corrected chi connectivity index (χ3v) is 4.29. The number of benzene rings is 1. The van der Waals surface area contributed by atoms with Gasteiger partial charge in [0.05, 0.1) is 0 Å². The second-order valence-electron chi connectivity index (χ2n) is 5.78. The second kappa shape index (κ2) is 6.96. The van der Waals surface area contributed by atoms with Gasteiger partial charge in [0, 0.05) is 36.5 Å². The molecule has 1 aromatic heterocycles. The van der Waals surface area contributed by atoms with Gasteiger partial charge >= 0.3 is 0 Å². The normalized spacial score (nSPS) is 17.3. The number of rotatable bonds is 4. The van der Waals surface area contributed by atoms with Crippen molar-refractivity contribution in [1.29, 1.82) is 0 Å². The van der Waals surface area contributed by atoms with E-state index in [1.807, 2.05) is 24.3 Å². The summed E-state index contributed by atoms with van der Waals surface area (Å²) in [4.78, 5) is 22.6. The molecule has 1 N–H and O–H groups in total. The van der Waals surface area contributed by atoms with Crippen LogP contribution in [0.2, 0.25) is 5.02 Å². The smallest absolute Gasteiger partial charge is 0.270 e. The monoisotopic (exact) mass is 330 g/mol. The van der Waals surface area contributed by atoms with Crippen LogP contribution in [-0.4, -0.2) is 35.5 Å². The van der Waals surface area contributed by atoms with Gasteiger partial charge in [-0.1, -0.05) is 11.6 Å². The molecule has 1 unspecified atom stereocenters. The molecule has 2 heterocycles. The number of hydrogen-bond acceptors (Lipinski definition) is 4. The van der Waals surface area contributed by atoms with E-state index < -0.39 is 0 Å². The van der Waals surface area contributed by atoms with E-state index in [0.29, 0.717) is 24.0 Å². The van der Waals surface area contributed by atoms with Gasteiger partial charge in [-0.2, -0.15) is 0 Å². The lowest BCUT2D eigenvalue weighted by molar-refractivity contribution is 0.0943. The van der Waals surface area contributed by atoms with E-state index in [-0.39, 0.29) is 5.91 Å². The number of carbonyl (C=O) groups excluding carboxylic acids is 1. The number of aromatic nitrogens is 2. The van der Waals surface area contributed by atoms with Crippen molar-refractivity contribution >= 4 is 23.2 Å². The third-order valence-electron chi connectivity index (χ3n) is 4.04. The number of halogens is 1. The molecule has 1 aromatic carbocycles. The Hall–Kier alpha value is -2.14. The summed E-state index contributed by atoms with van der Waals surface area (Å²) < 4.78 is 0. The van der Waals surface area contributed by atoms with Gasteiger partial charge in [-0.25, -0.2) is 9.97 Å². The standard InChI is InChI=1S/C17H19ClN4O/c1-12-19-8-6-16(21-12)17(23)20-10-13-7-9-22(11-13)15-4-2-14(18)3-5-15/h2-6,8,13H,7,9-11H2,1H3,(H,20,23). The molecule has 5 nitrogen and oxygen atoms in total. The molecule has 120 valence electrons. The molecule has 23 heavy (non-hydrogen) atoms. The maximum absolute atomic E-state index is 12.1. The average molecular weight is 331 g/mol. The molecule has 2 aromatic rings. The van der Waals surface area contributed by atoms with Crippen LogP contribution in [0.25, 0.3) is 0 Å². The van der Waals surface area contributed by atoms with Gasteiger partial charge in [-0.3, -0.25) is 4.79 Å². The van der Waals surface area contributed by atoms with Crippen LogP contribution in [-0.2, 0) is 0 Å². The molecule has 1 saturated heterocycles. The molecule has 0 bridgehead atoms. The van der Waals surface area contributed by atoms with Crippen LogP contribution >= 0.6 is 11.6 Å². The lowest BCUT2D eigenvalue weighted by atomic mass is 10.1. The predicted molar refractivity (Wildman–Crippen MR) is 90.9 cm³/mol. The summed E-state index contributed by atoms with van der Waals surface area (Å²) in [5, 5.41) is 3.72. The first-order valence-corrected chi connectivity index (χ1v) is 8.08. The van der Waals surface area contributed by atoms with Crippen molar-refractivity contribution in [2.45, 2.75) is 13.3 Å². The fourth-order valence-electron chi connectivity index (χ4n) is 2.80. The number of hydrogen-bond donors (Lipinski definition) is 1. The Bertz CT molecular complexity index is 689. The summed E-state index contributed by atoms with van der Waals surface area (Å²) in [5.41, 5.74) is 1.60. The molecule has 1 atom stereocenters. The summed E-state index contributed by atoms with van der Waals surface area (Å²) in [7, 11) is 0. The van der Waals surface area contributed by atoms with Crippen molar-refractivity contribution in [3.05, 3.63) is 53.1 Å². The molecular weight excluding hydrogens is 312 g/mol. The fraction of sp³-hybridized carbons (Fsp3) is 0.353. The first-order valence-electron chi connectivity index (χ1n) is 7.70. The minimum absolute atomic E-state index is 0.138. The van der Waals surface area contributed by atoms with Gasteiger partial charge in [0.15, 0.2) is 0 Å². The summed E-state index contributed by atoms with van der Waals surface area (Å²) >= 11 is 5.92. The van der Waals surface area contributed by atoms with Crippen molar-refractivity contribution in [3.63, 3.8) is 0 Å². The molecular formula is C17H19ClN4O. The lowest BCUT2D eigenvalue weighted by Crippen LogP contribution is -2.31. The third kappa shape index (κ3) is 3.99. The van der Waals surface area contributed by atoms with Gasteiger partial charge in [0.1, 0.15) is 11.5 Å². The molecule has 1 fully saturated rings. The first-order chi connectivity index (χ1) is 11.1. The van der Waals surface area contributed by atoms with E-state index in [4.69, 9.17) is 11.6 Å². The second-order valence-corrected chi connectivity index (χ2v) is 6.21. The Kier molecular flexibility index (Phi) is 4.76. The first kappa shape index (κ1) is 15.7. The Morgan fingerprint density at radius 3 is 2.87 bits per heavy atom. The Morgan fingerprint density at radius 2 is 2.13 bits per heavy atom. The molecule has 1 amide bonds. The van der Waals surface area contributed by atoms with E-state index >= 15 is 0 Å². The van der Waals surface area contributed by atoms with Crippen LogP contribution in [0, 0.1) is 12.8 Å². The van der Waals surface area contributed by atoms with Crippen molar-refractivity contribution in [3.8, 4) is 0 Å². The Labute approximate surface area is 140 Å². The molecule has 3 rings (SSSR count). The maximum atomic E-state index is 12.1. The topological polar surface area (TPSA) is 58.1 Å². The molecule has 0 spiro atoms.